The zero-order chi connectivity index (χ0) is 17.1. The SMILES string of the molecule is Cn1cnnc1SCC(=O)Nc1nc(-c2ccc(Cl)c(Cl)c2)cs1. The van der Waals surface area contributed by atoms with Gasteiger partial charge in [-0.05, 0) is 12.1 Å². The molecular weight excluding hydrogens is 389 g/mol. The van der Waals surface area contributed by atoms with E-state index in [9.17, 15) is 4.79 Å². The number of carbonyl (C=O) groups is 1. The topological polar surface area (TPSA) is 72.7 Å². The number of thioether (sulfide) groups is 1. The molecule has 1 amide bonds. The number of aromatic nitrogens is 4. The molecule has 0 aliphatic rings. The van der Waals surface area contributed by atoms with Crippen LogP contribution in [0.25, 0.3) is 11.3 Å². The minimum atomic E-state index is -0.155. The fraction of sp³-hybridized carbons (Fsp3) is 0.143. The van der Waals surface area contributed by atoms with Gasteiger partial charge < -0.3 is 9.88 Å². The van der Waals surface area contributed by atoms with Crippen LogP contribution in [-0.4, -0.2) is 31.4 Å². The maximum absolute atomic E-state index is 12.0. The molecule has 0 aliphatic carbocycles. The average molecular weight is 400 g/mol. The van der Waals surface area contributed by atoms with E-state index in [1.807, 2.05) is 18.5 Å². The number of nitrogens with one attached hydrogen (secondary N) is 1. The van der Waals surface area contributed by atoms with E-state index in [0.29, 0.717) is 20.3 Å². The number of rotatable bonds is 5. The number of hydrogen-bond acceptors (Lipinski definition) is 6. The van der Waals surface area contributed by atoms with E-state index >= 15 is 0 Å². The number of benzene rings is 1. The Bertz CT molecular complexity index is 880. The van der Waals surface area contributed by atoms with Crippen molar-refractivity contribution >= 4 is 57.3 Å². The molecule has 0 atom stereocenters. The highest BCUT2D eigenvalue weighted by Crippen LogP contribution is 2.30. The van der Waals surface area contributed by atoms with Crippen LogP contribution in [0.2, 0.25) is 10.0 Å². The summed E-state index contributed by atoms with van der Waals surface area (Å²) in [5, 5.41) is 14.5. The quantitative estimate of drug-likeness (QED) is 0.656. The first-order valence-corrected chi connectivity index (χ1v) is 9.32. The molecular formula is C14H11Cl2N5OS2. The van der Waals surface area contributed by atoms with Crippen molar-refractivity contribution in [1.29, 1.82) is 0 Å². The summed E-state index contributed by atoms with van der Waals surface area (Å²) in [6.07, 6.45) is 1.59. The molecule has 6 nitrogen and oxygen atoms in total. The zero-order valence-corrected chi connectivity index (χ0v) is 15.5. The van der Waals surface area contributed by atoms with E-state index in [0.717, 1.165) is 11.3 Å². The monoisotopic (exact) mass is 399 g/mol. The van der Waals surface area contributed by atoms with Crippen LogP contribution in [0, 0.1) is 0 Å². The van der Waals surface area contributed by atoms with Gasteiger partial charge in [-0.1, -0.05) is 41.0 Å². The van der Waals surface area contributed by atoms with Gasteiger partial charge in [-0.2, -0.15) is 0 Å². The van der Waals surface area contributed by atoms with E-state index < -0.39 is 0 Å². The third-order valence-electron chi connectivity index (χ3n) is 2.97. The highest BCUT2D eigenvalue weighted by atomic mass is 35.5. The molecule has 0 saturated heterocycles. The molecule has 2 heterocycles. The lowest BCUT2D eigenvalue weighted by atomic mass is 10.2. The number of nitrogens with zero attached hydrogens (tertiary/aromatic N) is 4. The summed E-state index contributed by atoms with van der Waals surface area (Å²) >= 11 is 14.6. The summed E-state index contributed by atoms with van der Waals surface area (Å²) in [6, 6.07) is 5.29. The molecule has 0 bridgehead atoms. The molecule has 0 fully saturated rings. The van der Waals surface area contributed by atoms with E-state index in [-0.39, 0.29) is 11.7 Å². The maximum atomic E-state index is 12.0. The summed E-state index contributed by atoms with van der Waals surface area (Å²) in [6.45, 7) is 0. The van der Waals surface area contributed by atoms with Crippen LogP contribution in [0.1, 0.15) is 0 Å². The number of aryl methyl sites for hydroxylation is 1. The van der Waals surface area contributed by atoms with Gasteiger partial charge >= 0.3 is 0 Å². The van der Waals surface area contributed by atoms with Crippen LogP contribution >= 0.6 is 46.3 Å². The number of carbonyl (C=O) groups excluding carboxylic acids is 1. The Morgan fingerprint density at radius 2 is 2.21 bits per heavy atom. The van der Waals surface area contributed by atoms with Crippen LogP contribution in [0.4, 0.5) is 5.13 Å². The highest BCUT2D eigenvalue weighted by Gasteiger charge is 2.11. The standard InChI is InChI=1S/C14H11Cl2N5OS2/c1-21-7-17-20-14(21)24-6-12(22)19-13-18-11(5-23-13)8-2-3-9(15)10(16)4-8/h2-5,7H,6H2,1H3,(H,18,19,22). The van der Waals surface area contributed by atoms with Gasteiger partial charge in [-0.25, -0.2) is 4.98 Å². The second-order valence-electron chi connectivity index (χ2n) is 4.73. The minimum Gasteiger partial charge on any atom is -0.312 e. The van der Waals surface area contributed by atoms with Gasteiger partial charge in [-0.15, -0.1) is 21.5 Å². The second kappa shape index (κ2) is 7.52. The van der Waals surface area contributed by atoms with Gasteiger partial charge in [0.2, 0.25) is 5.91 Å². The van der Waals surface area contributed by atoms with E-state index in [4.69, 9.17) is 23.2 Å². The van der Waals surface area contributed by atoms with E-state index in [2.05, 4.69) is 20.5 Å². The highest BCUT2D eigenvalue weighted by molar-refractivity contribution is 7.99. The number of halogens is 2. The van der Waals surface area contributed by atoms with Crippen LogP contribution in [-0.2, 0) is 11.8 Å². The molecule has 3 rings (SSSR count). The smallest absolute Gasteiger partial charge is 0.236 e. The van der Waals surface area contributed by atoms with Crippen LogP contribution in [0.3, 0.4) is 0 Å². The van der Waals surface area contributed by atoms with Crippen molar-refractivity contribution in [1.82, 2.24) is 19.7 Å². The lowest BCUT2D eigenvalue weighted by Crippen LogP contribution is -2.14. The average Bonchev–Trinajstić information content (AvgIpc) is 3.17. The predicted octanol–water partition coefficient (Wildman–Crippen LogP) is 3.98. The van der Waals surface area contributed by atoms with Crippen LogP contribution < -0.4 is 5.32 Å². The summed E-state index contributed by atoms with van der Waals surface area (Å²) in [4.78, 5) is 16.4. The van der Waals surface area contributed by atoms with Crippen molar-refractivity contribution in [3.63, 3.8) is 0 Å². The number of thiazole rings is 1. The molecule has 1 N–H and O–H groups in total. The van der Waals surface area contributed by atoms with E-state index in [1.165, 1.54) is 23.1 Å². The first-order valence-electron chi connectivity index (χ1n) is 6.70. The molecule has 3 aromatic rings. The number of anilines is 1. The third-order valence-corrected chi connectivity index (χ3v) is 5.50. The number of amides is 1. The Morgan fingerprint density at radius 3 is 2.92 bits per heavy atom. The Kier molecular flexibility index (Phi) is 5.40. The Morgan fingerprint density at radius 1 is 1.38 bits per heavy atom. The maximum Gasteiger partial charge on any atom is 0.236 e. The van der Waals surface area contributed by atoms with E-state index in [1.54, 1.807) is 23.0 Å². The van der Waals surface area contributed by atoms with Crippen molar-refractivity contribution < 1.29 is 4.79 Å². The normalized spacial score (nSPS) is 10.8. The lowest BCUT2D eigenvalue weighted by Gasteiger charge is -2.02. The fourth-order valence-electron chi connectivity index (χ4n) is 1.81. The molecule has 0 unspecified atom stereocenters. The van der Waals surface area contributed by atoms with Crippen molar-refractivity contribution in [3.05, 3.63) is 40.0 Å². The van der Waals surface area contributed by atoms with Gasteiger partial charge in [0, 0.05) is 18.0 Å². The summed E-state index contributed by atoms with van der Waals surface area (Å²) in [5.74, 6) is 0.0758. The van der Waals surface area contributed by atoms with Crippen molar-refractivity contribution in [2.45, 2.75) is 5.16 Å². The molecule has 124 valence electrons. The van der Waals surface area contributed by atoms with Crippen LogP contribution in [0.5, 0.6) is 0 Å². The first kappa shape index (κ1) is 17.2. The Balaban J connectivity index is 1.62. The minimum absolute atomic E-state index is 0.155. The third kappa shape index (κ3) is 4.07. The van der Waals surface area contributed by atoms with Gasteiger partial charge in [0.25, 0.3) is 0 Å². The Hall–Kier alpha value is -1.61. The van der Waals surface area contributed by atoms with Crippen molar-refractivity contribution in [2.24, 2.45) is 7.05 Å². The van der Waals surface area contributed by atoms with Gasteiger partial charge in [0.1, 0.15) is 6.33 Å². The van der Waals surface area contributed by atoms with Crippen LogP contribution in [0.15, 0.2) is 35.1 Å². The van der Waals surface area contributed by atoms with Crippen molar-refractivity contribution in [3.8, 4) is 11.3 Å². The van der Waals surface area contributed by atoms with Gasteiger partial charge in [-0.3, -0.25) is 4.79 Å². The number of hydrogen-bond donors (Lipinski definition) is 1. The van der Waals surface area contributed by atoms with Crippen molar-refractivity contribution in [2.75, 3.05) is 11.1 Å². The van der Waals surface area contributed by atoms with Gasteiger partial charge in [0.05, 0.1) is 21.5 Å². The summed E-state index contributed by atoms with van der Waals surface area (Å²) in [5.41, 5.74) is 1.57. The summed E-state index contributed by atoms with van der Waals surface area (Å²) in [7, 11) is 1.82. The molecule has 0 saturated carbocycles. The first-order chi connectivity index (χ1) is 11.5. The molecule has 0 radical (unpaired) electrons. The zero-order valence-electron chi connectivity index (χ0n) is 12.4. The predicted molar refractivity (Wildman–Crippen MR) is 97.9 cm³/mol. The molecule has 2 aromatic heterocycles. The second-order valence-corrected chi connectivity index (χ2v) is 7.34. The molecule has 10 heteroatoms. The molecule has 0 spiro atoms. The Labute approximate surface area is 156 Å². The lowest BCUT2D eigenvalue weighted by molar-refractivity contribution is -0.113. The summed E-state index contributed by atoms with van der Waals surface area (Å²) < 4.78 is 1.75. The largest absolute Gasteiger partial charge is 0.312 e. The molecule has 24 heavy (non-hydrogen) atoms. The molecule has 1 aromatic carbocycles. The molecule has 0 aliphatic heterocycles. The fourth-order valence-corrected chi connectivity index (χ4v) is 3.53. The van der Waals surface area contributed by atoms with Gasteiger partial charge in [0.15, 0.2) is 10.3 Å².